The summed E-state index contributed by atoms with van der Waals surface area (Å²) in [4.78, 5) is 10.9. The number of carbonyl (C=O) groups excluding carboxylic acids is 1. The Bertz CT molecular complexity index is 951. The predicted molar refractivity (Wildman–Crippen MR) is 124 cm³/mol. The normalized spacial score (nSPS) is 16.8. The molecule has 1 heterocycles. The molecule has 33 heavy (non-hydrogen) atoms. The average Bonchev–Trinajstić information content (AvgIpc) is 3.68. The van der Waals surface area contributed by atoms with Crippen LogP contribution in [0.3, 0.4) is 0 Å². The lowest BCUT2D eigenvalue weighted by atomic mass is 9.87. The number of fused-ring (bicyclic) bond motifs is 2. The first-order chi connectivity index (χ1) is 16.3. The van der Waals surface area contributed by atoms with Gasteiger partial charge in [0.1, 0.15) is 37.4 Å². The van der Waals surface area contributed by atoms with Gasteiger partial charge in [0.25, 0.3) is 0 Å². The number of carbonyl (C=O) groups is 1. The van der Waals surface area contributed by atoms with Gasteiger partial charge in [-0.3, -0.25) is 0 Å². The quantitative estimate of drug-likeness (QED) is 0.186. The van der Waals surface area contributed by atoms with E-state index in [4.69, 9.17) is 28.4 Å². The minimum absolute atomic E-state index is 0.208. The van der Waals surface area contributed by atoms with E-state index in [0.717, 1.165) is 60.6 Å². The summed E-state index contributed by atoms with van der Waals surface area (Å²) in [6, 6.07) is 8.30. The first kappa shape index (κ1) is 23.5. The molecule has 1 unspecified atom stereocenters. The van der Waals surface area contributed by atoms with Gasteiger partial charge in [-0.1, -0.05) is 30.8 Å². The minimum Gasteiger partial charge on any atom is -0.490 e. The second-order valence-electron chi connectivity index (χ2n) is 8.08. The van der Waals surface area contributed by atoms with Gasteiger partial charge < -0.3 is 28.4 Å². The highest BCUT2D eigenvalue weighted by molar-refractivity contribution is 5.96. The molecule has 0 radical (unpaired) electrons. The number of rotatable bonds is 14. The van der Waals surface area contributed by atoms with Gasteiger partial charge in [0.05, 0.1) is 33.0 Å². The minimum atomic E-state index is -0.446. The van der Waals surface area contributed by atoms with Gasteiger partial charge >= 0.3 is 5.97 Å². The van der Waals surface area contributed by atoms with Crippen LogP contribution < -0.4 is 9.47 Å². The van der Waals surface area contributed by atoms with Crippen molar-refractivity contribution in [1.82, 2.24) is 0 Å². The van der Waals surface area contributed by atoms with Gasteiger partial charge in [-0.15, -0.1) is 0 Å². The summed E-state index contributed by atoms with van der Waals surface area (Å²) in [6.45, 7) is 7.08. The number of esters is 1. The third kappa shape index (κ3) is 6.47. The molecule has 1 aliphatic heterocycles. The van der Waals surface area contributed by atoms with Crippen LogP contribution in [0.1, 0.15) is 24.0 Å². The highest BCUT2D eigenvalue weighted by Crippen LogP contribution is 2.44. The Kier molecular flexibility index (Phi) is 8.58. The molecular formula is C26H32O7. The van der Waals surface area contributed by atoms with Crippen LogP contribution in [0.5, 0.6) is 11.5 Å². The maximum atomic E-state index is 10.9. The molecule has 0 amide bonds. The third-order valence-corrected chi connectivity index (χ3v) is 5.73. The van der Waals surface area contributed by atoms with Gasteiger partial charge in [0.15, 0.2) is 0 Å². The number of ether oxygens (including phenoxy) is 6. The SMILES string of the molecule is C=CC(=O)OCCOCCOCCOc1c2c(c(OCC3CO3)c3ccccc13)CCCC2. The van der Waals surface area contributed by atoms with Gasteiger partial charge in [-0.05, 0) is 25.7 Å². The molecule has 1 atom stereocenters. The molecule has 2 aromatic rings. The van der Waals surface area contributed by atoms with Crippen LogP contribution in [-0.4, -0.2) is 64.9 Å². The van der Waals surface area contributed by atoms with Crippen LogP contribution in [0, 0.1) is 0 Å². The predicted octanol–water partition coefficient (Wildman–Crippen LogP) is 3.64. The molecule has 1 aliphatic carbocycles. The molecule has 4 rings (SSSR count). The summed E-state index contributed by atoms with van der Waals surface area (Å²) in [6.07, 6.45) is 5.68. The lowest BCUT2D eigenvalue weighted by Gasteiger charge is -2.25. The van der Waals surface area contributed by atoms with Gasteiger partial charge in [0.2, 0.25) is 0 Å². The lowest BCUT2D eigenvalue weighted by molar-refractivity contribution is -0.139. The molecule has 0 aromatic heterocycles. The topological polar surface area (TPSA) is 75.8 Å². The van der Waals surface area contributed by atoms with Crippen molar-refractivity contribution in [3.63, 3.8) is 0 Å². The zero-order valence-corrected chi connectivity index (χ0v) is 19.0. The standard InChI is InChI=1S/C26H32O7/c1-2-24(27)30-15-13-28-11-12-29-14-16-31-25-20-7-3-5-9-22(20)26(33-18-19-17-32-19)23-10-6-4-8-21(23)25/h2-3,5,7,9,19H,1,4,6,8,10-18H2. The second-order valence-corrected chi connectivity index (χ2v) is 8.08. The van der Waals surface area contributed by atoms with Crippen molar-refractivity contribution in [1.29, 1.82) is 0 Å². The van der Waals surface area contributed by atoms with Gasteiger partial charge in [-0.25, -0.2) is 4.79 Å². The molecule has 1 saturated heterocycles. The fourth-order valence-corrected chi connectivity index (χ4v) is 4.07. The van der Waals surface area contributed by atoms with Crippen LogP contribution in [0.2, 0.25) is 0 Å². The Morgan fingerprint density at radius 3 is 2.09 bits per heavy atom. The third-order valence-electron chi connectivity index (χ3n) is 5.73. The van der Waals surface area contributed by atoms with E-state index in [2.05, 4.69) is 18.7 Å². The molecule has 0 bridgehead atoms. The number of benzene rings is 2. The van der Waals surface area contributed by atoms with E-state index in [-0.39, 0.29) is 12.7 Å². The van der Waals surface area contributed by atoms with Crippen molar-refractivity contribution in [3.05, 3.63) is 48.0 Å². The molecule has 178 valence electrons. The highest BCUT2D eigenvalue weighted by atomic mass is 16.6. The fourth-order valence-electron chi connectivity index (χ4n) is 4.07. The smallest absolute Gasteiger partial charge is 0.330 e. The summed E-state index contributed by atoms with van der Waals surface area (Å²) < 4.78 is 33.8. The van der Waals surface area contributed by atoms with Crippen molar-refractivity contribution in [2.45, 2.75) is 31.8 Å². The lowest BCUT2D eigenvalue weighted by Crippen LogP contribution is -2.15. The van der Waals surface area contributed by atoms with E-state index >= 15 is 0 Å². The van der Waals surface area contributed by atoms with E-state index < -0.39 is 5.97 Å². The Balaban J connectivity index is 1.31. The van der Waals surface area contributed by atoms with Crippen molar-refractivity contribution >= 4 is 16.7 Å². The summed E-state index contributed by atoms with van der Waals surface area (Å²) in [5.74, 6) is 1.51. The van der Waals surface area contributed by atoms with Crippen LogP contribution in [-0.2, 0) is 36.6 Å². The van der Waals surface area contributed by atoms with Gasteiger partial charge in [-0.2, -0.15) is 0 Å². The molecule has 2 aromatic carbocycles. The highest BCUT2D eigenvalue weighted by Gasteiger charge is 2.27. The average molecular weight is 457 g/mol. The molecule has 1 fully saturated rings. The molecular weight excluding hydrogens is 424 g/mol. The zero-order chi connectivity index (χ0) is 22.9. The fraction of sp³-hybridized carbons (Fsp3) is 0.500. The van der Waals surface area contributed by atoms with Crippen molar-refractivity contribution < 1.29 is 33.2 Å². The largest absolute Gasteiger partial charge is 0.490 e. The van der Waals surface area contributed by atoms with Gasteiger partial charge in [0, 0.05) is 28.0 Å². The summed E-state index contributed by atoms with van der Waals surface area (Å²) in [5.41, 5.74) is 2.55. The Labute approximate surface area is 194 Å². The first-order valence-electron chi connectivity index (χ1n) is 11.7. The van der Waals surface area contributed by atoms with Crippen LogP contribution in [0.25, 0.3) is 10.8 Å². The van der Waals surface area contributed by atoms with E-state index in [1.807, 2.05) is 12.1 Å². The maximum Gasteiger partial charge on any atom is 0.330 e. The van der Waals surface area contributed by atoms with Crippen LogP contribution >= 0.6 is 0 Å². The summed E-state index contributed by atoms with van der Waals surface area (Å²) in [7, 11) is 0. The molecule has 0 N–H and O–H groups in total. The van der Waals surface area contributed by atoms with E-state index in [9.17, 15) is 4.79 Å². The number of epoxide rings is 1. The molecule has 0 saturated carbocycles. The van der Waals surface area contributed by atoms with Crippen molar-refractivity contribution in [3.8, 4) is 11.5 Å². The summed E-state index contributed by atoms with van der Waals surface area (Å²) in [5, 5.41) is 2.18. The van der Waals surface area contributed by atoms with E-state index in [1.54, 1.807) is 0 Å². The number of hydrogen-bond donors (Lipinski definition) is 0. The molecule has 7 heteroatoms. The zero-order valence-electron chi connectivity index (χ0n) is 19.0. The monoisotopic (exact) mass is 456 g/mol. The maximum absolute atomic E-state index is 10.9. The van der Waals surface area contributed by atoms with E-state index in [0.29, 0.717) is 39.6 Å². The first-order valence-corrected chi connectivity index (χ1v) is 11.7. The Hall–Kier alpha value is -2.61. The van der Waals surface area contributed by atoms with Crippen LogP contribution in [0.15, 0.2) is 36.9 Å². The summed E-state index contributed by atoms with van der Waals surface area (Å²) >= 11 is 0. The molecule has 2 aliphatic rings. The molecule has 7 nitrogen and oxygen atoms in total. The Morgan fingerprint density at radius 2 is 1.48 bits per heavy atom. The van der Waals surface area contributed by atoms with Crippen molar-refractivity contribution in [2.24, 2.45) is 0 Å². The Morgan fingerprint density at radius 1 is 0.909 bits per heavy atom. The van der Waals surface area contributed by atoms with Crippen LogP contribution in [0.4, 0.5) is 0 Å². The second kappa shape index (κ2) is 12.0. The van der Waals surface area contributed by atoms with E-state index in [1.165, 1.54) is 11.1 Å². The van der Waals surface area contributed by atoms with Crippen molar-refractivity contribution in [2.75, 3.05) is 52.9 Å². The number of hydrogen-bond acceptors (Lipinski definition) is 7. The molecule has 0 spiro atoms.